The van der Waals surface area contributed by atoms with Gasteiger partial charge in [0, 0.05) is 19.6 Å². The highest BCUT2D eigenvalue weighted by Crippen LogP contribution is 2.35. The van der Waals surface area contributed by atoms with E-state index in [-0.39, 0.29) is 0 Å². The van der Waals surface area contributed by atoms with E-state index in [1.807, 2.05) is 37.3 Å². The molecule has 3 rings (SSSR count). The van der Waals surface area contributed by atoms with Crippen LogP contribution in [-0.2, 0) is 0 Å². The zero-order valence-corrected chi connectivity index (χ0v) is 16.5. The highest BCUT2D eigenvalue weighted by molar-refractivity contribution is 14.1. The van der Waals surface area contributed by atoms with Gasteiger partial charge in [0.05, 0.1) is 27.5 Å². The minimum atomic E-state index is 0.483. The number of nitrogens with zero attached hydrogens (tertiary/aromatic N) is 2. The molecule has 6 heteroatoms. The molecule has 0 radical (unpaired) electrons. The zero-order chi connectivity index (χ0) is 16.6. The third-order valence-electron chi connectivity index (χ3n) is 3.45. The van der Waals surface area contributed by atoms with Crippen molar-refractivity contribution in [3.8, 4) is 6.07 Å². The normalized spacial score (nSPS) is 10.6. The number of nitriles is 1. The van der Waals surface area contributed by atoms with Crippen molar-refractivity contribution < 1.29 is 0 Å². The van der Waals surface area contributed by atoms with E-state index in [2.05, 4.69) is 54.9 Å². The Morgan fingerprint density at radius 1 is 1.26 bits per heavy atom. The average Bonchev–Trinajstić information content (AvgIpc) is 2.50. The predicted octanol–water partition coefficient (Wildman–Crippen LogP) is 6.18. The molecular weight excluding hydrogens is 488 g/mol. The summed E-state index contributed by atoms with van der Waals surface area (Å²) < 4.78 is 2.01. The van der Waals surface area contributed by atoms with Crippen LogP contribution >= 0.6 is 50.1 Å². The van der Waals surface area contributed by atoms with Gasteiger partial charge in [-0.3, -0.25) is 4.98 Å². The van der Waals surface area contributed by atoms with Crippen molar-refractivity contribution in [3.05, 3.63) is 60.7 Å². The molecule has 0 unspecified atom stereocenters. The van der Waals surface area contributed by atoms with Gasteiger partial charge in [-0.25, -0.2) is 0 Å². The number of pyridine rings is 1. The summed E-state index contributed by atoms with van der Waals surface area (Å²) in [5, 5.41) is 14.2. The van der Waals surface area contributed by atoms with Gasteiger partial charge in [0.25, 0.3) is 0 Å². The molecule has 0 amide bonds. The van der Waals surface area contributed by atoms with Crippen molar-refractivity contribution in [2.75, 3.05) is 5.32 Å². The van der Waals surface area contributed by atoms with Crippen molar-refractivity contribution in [3.63, 3.8) is 0 Å². The first kappa shape index (κ1) is 16.5. The molecule has 1 aromatic heterocycles. The maximum atomic E-state index is 9.42. The smallest absolute Gasteiger partial charge is 0.103 e. The van der Waals surface area contributed by atoms with Gasteiger partial charge in [0.15, 0.2) is 0 Å². The first-order valence-electron chi connectivity index (χ1n) is 6.70. The lowest BCUT2D eigenvalue weighted by Gasteiger charge is -2.15. The van der Waals surface area contributed by atoms with Crippen molar-refractivity contribution in [2.24, 2.45) is 0 Å². The number of fused-ring (bicyclic) bond motifs is 1. The van der Waals surface area contributed by atoms with Crippen LogP contribution in [-0.4, -0.2) is 4.98 Å². The van der Waals surface area contributed by atoms with E-state index in [0.29, 0.717) is 10.6 Å². The fourth-order valence-electron chi connectivity index (χ4n) is 2.37. The van der Waals surface area contributed by atoms with E-state index < -0.39 is 0 Å². The molecule has 0 fully saturated rings. The summed E-state index contributed by atoms with van der Waals surface area (Å²) >= 11 is 12.0. The molecule has 23 heavy (non-hydrogen) atoms. The lowest BCUT2D eigenvalue weighted by atomic mass is 10.1. The molecule has 0 aliphatic carbocycles. The molecule has 0 aliphatic heterocycles. The van der Waals surface area contributed by atoms with Crippen LogP contribution in [0.25, 0.3) is 10.9 Å². The summed E-state index contributed by atoms with van der Waals surface area (Å²) in [6.07, 6.45) is 1.59. The van der Waals surface area contributed by atoms with Gasteiger partial charge in [0.1, 0.15) is 6.07 Å². The van der Waals surface area contributed by atoms with E-state index in [0.717, 1.165) is 35.9 Å². The molecule has 3 aromatic rings. The maximum Gasteiger partial charge on any atom is 0.103 e. The number of aromatic nitrogens is 1. The third-order valence-corrected chi connectivity index (χ3v) is 4.88. The Labute approximate surface area is 160 Å². The average molecular weight is 499 g/mol. The van der Waals surface area contributed by atoms with Crippen molar-refractivity contribution in [1.82, 2.24) is 4.98 Å². The molecule has 0 aliphatic rings. The Kier molecular flexibility index (Phi) is 4.76. The van der Waals surface area contributed by atoms with Crippen molar-refractivity contribution in [1.29, 1.82) is 5.26 Å². The number of rotatable bonds is 2. The molecule has 0 bridgehead atoms. The minimum Gasteiger partial charge on any atom is -0.352 e. The monoisotopic (exact) mass is 497 g/mol. The Morgan fingerprint density at radius 2 is 2.04 bits per heavy atom. The Balaban J connectivity index is 2.22. The first-order valence-corrected chi connectivity index (χ1v) is 8.95. The SMILES string of the molecule is Cc1cc(Br)cc(Cl)c1Nc1c(C#N)cnc2cc(I)ccc12. The molecule has 1 N–H and O–H groups in total. The van der Waals surface area contributed by atoms with Gasteiger partial charge in [-0.2, -0.15) is 5.26 Å². The fraction of sp³-hybridized carbons (Fsp3) is 0.0588. The quantitative estimate of drug-likeness (QED) is 0.430. The lowest BCUT2D eigenvalue weighted by Crippen LogP contribution is -1.99. The second-order valence-corrected chi connectivity index (χ2v) is 7.59. The van der Waals surface area contributed by atoms with Gasteiger partial charge < -0.3 is 5.32 Å². The zero-order valence-electron chi connectivity index (χ0n) is 12.0. The molecule has 0 saturated carbocycles. The van der Waals surface area contributed by atoms with Crippen molar-refractivity contribution in [2.45, 2.75) is 6.92 Å². The van der Waals surface area contributed by atoms with Gasteiger partial charge >= 0.3 is 0 Å². The fourth-order valence-corrected chi connectivity index (χ4v) is 3.86. The van der Waals surface area contributed by atoms with Crippen LogP contribution in [0, 0.1) is 21.8 Å². The summed E-state index contributed by atoms with van der Waals surface area (Å²) in [6, 6.07) is 11.9. The molecule has 0 saturated heterocycles. The highest BCUT2D eigenvalue weighted by atomic mass is 127. The number of hydrogen-bond donors (Lipinski definition) is 1. The number of hydrogen-bond acceptors (Lipinski definition) is 3. The predicted molar refractivity (Wildman–Crippen MR) is 106 cm³/mol. The standard InChI is InChI=1S/C17H10BrClIN3/c1-9-4-11(18)5-14(19)16(9)23-17-10(7-21)8-22-15-6-12(20)2-3-13(15)17/h2-6,8H,1H3,(H,22,23). The van der Waals surface area contributed by atoms with Crippen LogP contribution in [0.4, 0.5) is 11.4 Å². The Morgan fingerprint density at radius 3 is 2.74 bits per heavy atom. The van der Waals surface area contributed by atoms with Gasteiger partial charge in [-0.05, 0) is 65.4 Å². The first-order chi connectivity index (χ1) is 11.0. The van der Waals surface area contributed by atoms with Crippen LogP contribution < -0.4 is 5.32 Å². The highest BCUT2D eigenvalue weighted by Gasteiger charge is 2.13. The Hall–Kier alpha value is -1.36. The molecule has 0 spiro atoms. The van der Waals surface area contributed by atoms with E-state index in [9.17, 15) is 5.26 Å². The molecule has 3 nitrogen and oxygen atoms in total. The molecule has 1 heterocycles. The van der Waals surface area contributed by atoms with E-state index >= 15 is 0 Å². The van der Waals surface area contributed by atoms with Gasteiger partial charge in [-0.15, -0.1) is 0 Å². The summed E-state index contributed by atoms with van der Waals surface area (Å²) in [5.74, 6) is 0. The minimum absolute atomic E-state index is 0.483. The topological polar surface area (TPSA) is 48.7 Å². The van der Waals surface area contributed by atoms with Crippen LogP contribution in [0.5, 0.6) is 0 Å². The molecule has 114 valence electrons. The molecule has 2 aromatic carbocycles. The van der Waals surface area contributed by atoms with Crippen LogP contribution in [0.3, 0.4) is 0 Å². The third kappa shape index (κ3) is 3.30. The van der Waals surface area contributed by atoms with Crippen LogP contribution in [0.2, 0.25) is 5.02 Å². The number of aryl methyl sites for hydroxylation is 1. The largest absolute Gasteiger partial charge is 0.352 e. The lowest BCUT2D eigenvalue weighted by molar-refractivity contribution is 1.35. The summed E-state index contributed by atoms with van der Waals surface area (Å²) in [6.45, 7) is 1.97. The summed E-state index contributed by atoms with van der Waals surface area (Å²) in [4.78, 5) is 4.37. The second-order valence-electron chi connectivity index (χ2n) is 5.02. The number of anilines is 2. The van der Waals surface area contributed by atoms with Gasteiger partial charge in [0.2, 0.25) is 0 Å². The Bertz CT molecular complexity index is 943. The van der Waals surface area contributed by atoms with Crippen molar-refractivity contribution >= 4 is 72.4 Å². The summed E-state index contributed by atoms with van der Waals surface area (Å²) in [7, 11) is 0. The van der Waals surface area contributed by atoms with Crippen LogP contribution in [0.1, 0.15) is 11.1 Å². The van der Waals surface area contributed by atoms with Crippen LogP contribution in [0.15, 0.2) is 41.0 Å². The number of nitrogens with one attached hydrogen (secondary N) is 1. The molecular formula is C17H10BrClIN3. The number of halogens is 3. The van der Waals surface area contributed by atoms with E-state index in [4.69, 9.17) is 11.6 Å². The molecule has 0 atom stereocenters. The van der Waals surface area contributed by atoms with E-state index in [1.165, 1.54) is 0 Å². The van der Waals surface area contributed by atoms with E-state index in [1.54, 1.807) is 6.20 Å². The second kappa shape index (κ2) is 6.63. The van der Waals surface area contributed by atoms with Gasteiger partial charge in [-0.1, -0.05) is 27.5 Å². The summed E-state index contributed by atoms with van der Waals surface area (Å²) in [5.41, 5.74) is 3.82. The number of benzene rings is 2. The maximum absolute atomic E-state index is 9.42.